The molecule has 2 saturated carbocycles. The smallest absolute Gasteiger partial charge is 0.133 e. The maximum absolute atomic E-state index is 11.1. The van der Waals surface area contributed by atoms with Gasteiger partial charge in [0.25, 0.3) is 0 Å². The van der Waals surface area contributed by atoms with Crippen LogP contribution in [0.3, 0.4) is 0 Å². The SMILES string of the molecule is CC1(N=[N+]=[N-])C[C@H]2CC(=O)C[C@H]2C1. The molecule has 2 fully saturated rings. The standard InChI is InChI=1S/C9H13N3O/c1-9(11-12-10)4-6-2-8(13)3-7(6)5-9/h6-7H,2-5H2,1H3/t6-,7+,9?. The molecule has 13 heavy (non-hydrogen) atoms. The van der Waals surface area contributed by atoms with Crippen molar-refractivity contribution < 1.29 is 4.79 Å². The van der Waals surface area contributed by atoms with Gasteiger partial charge in [-0.1, -0.05) is 12.0 Å². The molecule has 2 aliphatic carbocycles. The summed E-state index contributed by atoms with van der Waals surface area (Å²) in [5, 5.41) is 3.83. The Morgan fingerprint density at radius 1 is 1.46 bits per heavy atom. The van der Waals surface area contributed by atoms with Gasteiger partial charge in [0.05, 0.1) is 0 Å². The van der Waals surface area contributed by atoms with Crippen molar-refractivity contribution in [2.24, 2.45) is 17.0 Å². The number of fused-ring (bicyclic) bond motifs is 1. The Morgan fingerprint density at radius 2 is 2.00 bits per heavy atom. The van der Waals surface area contributed by atoms with Crippen molar-refractivity contribution in [2.75, 3.05) is 0 Å². The molecule has 0 spiro atoms. The summed E-state index contributed by atoms with van der Waals surface area (Å²) < 4.78 is 0. The maximum Gasteiger partial charge on any atom is 0.133 e. The highest BCUT2D eigenvalue weighted by atomic mass is 16.1. The molecule has 0 aromatic rings. The second kappa shape index (κ2) is 2.74. The molecule has 0 amide bonds. The molecule has 70 valence electrons. The van der Waals surface area contributed by atoms with Crippen molar-refractivity contribution in [3.63, 3.8) is 0 Å². The van der Waals surface area contributed by atoms with Crippen LogP contribution in [0.25, 0.3) is 10.4 Å². The summed E-state index contributed by atoms with van der Waals surface area (Å²) in [6.07, 6.45) is 3.21. The van der Waals surface area contributed by atoms with E-state index in [2.05, 4.69) is 10.0 Å². The Hall–Kier alpha value is -1.02. The van der Waals surface area contributed by atoms with Gasteiger partial charge in [-0.25, -0.2) is 0 Å². The average Bonchev–Trinajstić information content (AvgIpc) is 2.41. The summed E-state index contributed by atoms with van der Waals surface area (Å²) in [5.41, 5.74) is 8.18. The zero-order valence-corrected chi connectivity index (χ0v) is 7.73. The first kappa shape index (κ1) is 8.57. The van der Waals surface area contributed by atoms with Crippen molar-refractivity contribution in [3.8, 4) is 0 Å². The van der Waals surface area contributed by atoms with E-state index in [1.807, 2.05) is 6.92 Å². The number of azide groups is 1. The summed E-state index contributed by atoms with van der Waals surface area (Å²) in [6.45, 7) is 2.00. The third-order valence-electron chi connectivity index (χ3n) is 3.34. The lowest BCUT2D eigenvalue weighted by Crippen LogP contribution is -2.17. The lowest BCUT2D eigenvalue weighted by molar-refractivity contribution is -0.117. The number of carbonyl (C=O) groups is 1. The molecule has 3 atom stereocenters. The van der Waals surface area contributed by atoms with Gasteiger partial charge in [-0.05, 0) is 30.2 Å². The quantitative estimate of drug-likeness (QED) is 0.346. The molecule has 2 aliphatic rings. The minimum atomic E-state index is -0.217. The van der Waals surface area contributed by atoms with E-state index in [1.165, 1.54) is 0 Å². The third-order valence-corrected chi connectivity index (χ3v) is 3.34. The minimum absolute atomic E-state index is 0.217. The molecule has 0 saturated heterocycles. The molecular weight excluding hydrogens is 166 g/mol. The van der Waals surface area contributed by atoms with Gasteiger partial charge >= 0.3 is 0 Å². The summed E-state index contributed by atoms with van der Waals surface area (Å²) in [7, 11) is 0. The van der Waals surface area contributed by atoms with Gasteiger partial charge in [0.1, 0.15) is 5.78 Å². The second-order valence-electron chi connectivity index (χ2n) is 4.56. The number of carbonyl (C=O) groups excluding carboxylic acids is 1. The summed E-state index contributed by atoms with van der Waals surface area (Å²) in [5.74, 6) is 1.36. The fourth-order valence-electron chi connectivity index (χ4n) is 2.88. The van der Waals surface area contributed by atoms with Gasteiger partial charge in [0.15, 0.2) is 0 Å². The van der Waals surface area contributed by atoms with Crippen molar-refractivity contribution >= 4 is 5.78 Å². The molecule has 0 aliphatic heterocycles. The lowest BCUT2D eigenvalue weighted by atomic mass is 9.97. The van der Waals surface area contributed by atoms with E-state index < -0.39 is 0 Å². The second-order valence-corrected chi connectivity index (χ2v) is 4.56. The highest BCUT2D eigenvalue weighted by Gasteiger charge is 2.46. The van der Waals surface area contributed by atoms with Gasteiger partial charge in [0.2, 0.25) is 0 Å². The van der Waals surface area contributed by atoms with Crippen LogP contribution in [0.5, 0.6) is 0 Å². The molecular formula is C9H13N3O. The molecule has 2 rings (SSSR count). The Bertz CT molecular complexity index is 277. The van der Waals surface area contributed by atoms with E-state index in [0.717, 1.165) is 12.8 Å². The fraction of sp³-hybridized carbons (Fsp3) is 0.889. The Morgan fingerprint density at radius 3 is 2.46 bits per heavy atom. The number of ketones is 1. The number of hydrogen-bond acceptors (Lipinski definition) is 2. The first-order valence-electron chi connectivity index (χ1n) is 4.71. The van der Waals surface area contributed by atoms with E-state index in [-0.39, 0.29) is 5.54 Å². The average molecular weight is 179 g/mol. The summed E-state index contributed by atoms with van der Waals surface area (Å²) >= 11 is 0. The van der Waals surface area contributed by atoms with Gasteiger partial charge in [-0.3, -0.25) is 4.79 Å². The topological polar surface area (TPSA) is 65.8 Å². The van der Waals surface area contributed by atoms with E-state index >= 15 is 0 Å². The molecule has 0 bridgehead atoms. The molecule has 0 heterocycles. The molecule has 0 radical (unpaired) electrons. The largest absolute Gasteiger partial charge is 0.300 e. The van der Waals surface area contributed by atoms with Crippen LogP contribution in [-0.2, 0) is 4.79 Å². The minimum Gasteiger partial charge on any atom is -0.300 e. The van der Waals surface area contributed by atoms with Crippen molar-refractivity contribution in [1.82, 2.24) is 0 Å². The molecule has 4 nitrogen and oxygen atoms in total. The first-order chi connectivity index (χ1) is 6.13. The monoisotopic (exact) mass is 179 g/mol. The third kappa shape index (κ3) is 1.42. The number of Topliss-reactive ketones (excluding diaryl/α,β-unsaturated/α-hetero) is 1. The van der Waals surface area contributed by atoms with Crippen molar-refractivity contribution in [1.29, 1.82) is 0 Å². The van der Waals surface area contributed by atoms with Crippen molar-refractivity contribution in [2.45, 2.75) is 38.1 Å². The fourth-order valence-corrected chi connectivity index (χ4v) is 2.88. The predicted octanol–water partition coefficient (Wildman–Crippen LogP) is 2.44. The van der Waals surface area contributed by atoms with Crippen LogP contribution in [0.4, 0.5) is 0 Å². The van der Waals surface area contributed by atoms with Gasteiger partial charge < -0.3 is 0 Å². The van der Waals surface area contributed by atoms with Crippen LogP contribution in [0.1, 0.15) is 32.6 Å². The summed E-state index contributed by atoms with van der Waals surface area (Å²) in [6, 6.07) is 0. The molecule has 4 heteroatoms. The predicted molar refractivity (Wildman–Crippen MR) is 48.0 cm³/mol. The van der Waals surface area contributed by atoms with Crippen LogP contribution in [-0.4, -0.2) is 11.3 Å². The first-order valence-corrected chi connectivity index (χ1v) is 4.71. The molecule has 1 unspecified atom stereocenters. The van der Waals surface area contributed by atoms with Crippen LogP contribution in [0.15, 0.2) is 5.11 Å². The molecule has 0 aromatic heterocycles. The highest BCUT2D eigenvalue weighted by Crippen LogP contribution is 2.48. The van der Waals surface area contributed by atoms with E-state index in [9.17, 15) is 4.79 Å². The van der Waals surface area contributed by atoms with Gasteiger partial charge in [-0.15, -0.1) is 0 Å². The Balaban J connectivity index is 2.12. The van der Waals surface area contributed by atoms with E-state index in [0.29, 0.717) is 30.5 Å². The van der Waals surface area contributed by atoms with Gasteiger partial charge in [-0.2, -0.15) is 0 Å². The Kier molecular flexibility index (Phi) is 1.81. The van der Waals surface area contributed by atoms with Crippen LogP contribution >= 0.6 is 0 Å². The number of hydrogen-bond donors (Lipinski definition) is 0. The van der Waals surface area contributed by atoms with Crippen molar-refractivity contribution in [3.05, 3.63) is 10.4 Å². The molecule has 0 aromatic carbocycles. The zero-order valence-electron chi connectivity index (χ0n) is 7.73. The van der Waals surface area contributed by atoms with E-state index in [1.54, 1.807) is 0 Å². The molecule has 0 N–H and O–H groups in total. The normalized spacial score (nSPS) is 43.0. The van der Waals surface area contributed by atoms with Crippen LogP contribution in [0, 0.1) is 11.8 Å². The van der Waals surface area contributed by atoms with Crippen LogP contribution < -0.4 is 0 Å². The summed E-state index contributed by atoms with van der Waals surface area (Å²) in [4.78, 5) is 14.0. The van der Waals surface area contributed by atoms with Gasteiger partial charge in [0, 0.05) is 23.3 Å². The Labute approximate surface area is 76.9 Å². The number of nitrogens with zero attached hydrogens (tertiary/aromatic N) is 3. The van der Waals surface area contributed by atoms with E-state index in [4.69, 9.17) is 5.53 Å². The lowest BCUT2D eigenvalue weighted by Gasteiger charge is -2.16. The van der Waals surface area contributed by atoms with Crippen LogP contribution in [0.2, 0.25) is 0 Å². The number of rotatable bonds is 1. The maximum atomic E-state index is 11.1. The zero-order chi connectivity index (χ0) is 9.47. The highest BCUT2D eigenvalue weighted by molar-refractivity contribution is 5.81.